The lowest BCUT2D eigenvalue weighted by atomic mass is 10.1. The molecule has 0 radical (unpaired) electrons. The van der Waals surface area contributed by atoms with E-state index in [0.717, 1.165) is 27.9 Å². The molecule has 0 saturated heterocycles. The number of hydrogen-bond acceptors (Lipinski definition) is 2. The fraction of sp³-hybridized carbons (Fsp3) is 0.143. The second-order valence-corrected chi connectivity index (χ2v) is 4.95. The average Bonchev–Trinajstić information content (AvgIpc) is 2.78. The van der Waals surface area contributed by atoms with E-state index >= 15 is 0 Å². The van der Waals surface area contributed by atoms with Gasteiger partial charge in [-0.2, -0.15) is 5.10 Å². The molecule has 0 fully saturated rings. The SMILES string of the molecule is CCc1ccc(-c2ccc3nc(Br)cn3n2)cc1. The predicted octanol–water partition coefficient (Wildman–Crippen LogP) is 3.72. The van der Waals surface area contributed by atoms with E-state index in [0.29, 0.717) is 0 Å². The van der Waals surface area contributed by atoms with Crippen molar-refractivity contribution in [3.05, 3.63) is 52.8 Å². The Balaban J connectivity index is 2.06. The number of benzene rings is 1. The van der Waals surface area contributed by atoms with E-state index in [1.54, 1.807) is 4.52 Å². The molecule has 0 unspecified atom stereocenters. The van der Waals surface area contributed by atoms with Gasteiger partial charge in [-0.1, -0.05) is 31.2 Å². The lowest BCUT2D eigenvalue weighted by Gasteiger charge is -2.02. The Morgan fingerprint density at radius 3 is 2.61 bits per heavy atom. The Kier molecular flexibility index (Phi) is 2.88. The van der Waals surface area contributed by atoms with Gasteiger partial charge in [0.1, 0.15) is 4.60 Å². The number of fused-ring (bicyclic) bond motifs is 1. The third-order valence-electron chi connectivity index (χ3n) is 2.95. The van der Waals surface area contributed by atoms with E-state index in [9.17, 15) is 0 Å². The van der Waals surface area contributed by atoms with E-state index in [2.05, 4.69) is 57.2 Å². The number of aromatic nitrogens is 3. The van der Waals surface area contributed by atoms with Gasteiger partial charge in [-0.15, -0.1) is 0 Å². The van der Waals surface area contributed by atoms with Gasteiger partial charge in [-0.05, 0) is 40.0 Å². The van der Waals surface area contributed by atoms with Gasteiger partial charge in [-0.25, -0.2) is 9.50 Å². The van der Waals surface area contributed by atoms with Crippen molar-refractivity contribution in [2.45, 2.75) is 13.3 Å². The average molecular weight is 302 g/mol. The first-order valence-corrected chi connectivity index (χ1v) is 6.67. The maximum atomic E-state index is 4.55. The lowest BCUT2D eigenvalue weighted by molar-refractivity contribution is 0.941. The van der Waals surface area contributed by atoms with Gasteiger partial charge < -0.3 is 0 Å². The normalized spacial score (nSPS) is 11.0. The van der Waals surface area contributed by atoms with Gasteiger partial charge in [-0.3, -0.25) is 0 Å². The van der Waals surface area contributed by atoms with Crippen LogP contribution < -0.4 is 0 Å². The van der Waals surface area contributed by atoms with Gasteiger partial charge in [0, 0.05) is 5.56 Å². The van der Waals surface area contributed by atoms with Crippen molar-refractivity contribution in [2.24, 2.45) is 0 Å². The number of halogens is 1. The highest BCUT2D eigenvalue weighted by Crippen LogP contribution is 2.19. The lowest BCUT2D eigenvalue weighted by Crippen LogP contribution is -1.93. The van der Waals surface area contributed by atoms with Crippen LogP contribution in [0.5, 0.6) is 0 Å². The summed E-state index contributed by atoms with van der Waals surface area (Å²) in [5.41, 5.74) is 4.26. The number of imidazole rings is 1. The van der Waals surface area contributed by atoms with Crippen molar-refractivity contribution in [1.82, 2.24) is 14.6 Å². The van der Waals surface area contributed by atoms with Crippen molar-refractivity contribution in [3.8, 4) is 11.3 Å². The Morgan fingerprint density at radius 2 is 1.89 bits per heavy atom. The standard InChI is InChI=1S/C14H12BrN3/c1-2-10-3-5-11(6-4-10)12-7-8-14-16-13(15)9-18(14)17-12/h3-9H,2H2,1H3. The van der Waals surface area contributed by atoms with E-state index in [-0.39, 0.29) is 0 Å². The number of aryl methyl sites for hydroxylation is 1. The van der Waals surface area contributed by atoms with Crippen molar-refractivity contribution < 1.29 is 0 Å². The van der Waals surface area contributed by atoms with Crippen LogP contribution in [0.15, 0.2) is 47.2 Å². The van der Waals surface area contributed by atoms with E-state index < -0.39 is 0 Å². The Labute approximate surface area is 114 Å². The first-order valence-electron chi connectivity index (χ1n) is 5.87. The minimum Gasteiger partial charge on any atom is -0.220 e. The van der Waals surface area contributed by atoms with Crippen LogP contribution in [-0.2, 0) is 6.42 Å². The van der Waals surface area contributed by atoms with E-state index in [1.807, 2.05) is 18.3 Å². The van der Waals surface area contributed by atoms with Gasteiger partial charge in [0.15, 0.2) is 5.65 Å². The Morgan fingerprint density at radius 1 is 1.11 bits per heavy atom. The van der Waals surface area contributed by atoms with Crippen LogP contribution in [0.25, 0.3) is 16.9 Å². The largest absolute Gasteiger partial charge is 0.220 e. The molecule has 0 aliphatic heterocycles. The zero-order valence-corrected chi connectivity index (χ0v) is 11.6. The van der Waals surface area contributed by atoms with Gasteiger partial charge in [0.25, 0.3) is 0 Å². The molecule has 1 aromatic carbocycles. The summed E-state index contributed by atoms with van der Waals surface area (Å²) in [5, 5.41) is 4.55. The highest BCUT2D eigenvalue weighted by Gasteiger charge is 2.03. The summed E-state index contributed by atoms with van der Waals surface area (Å²) in [7, 11) is 0. The number of rotatable bonds is 2. The molecule has 0 bridgehead atoms. The van der Waals surface area contributed by atoms with Crippen LogP contribution in [0.3, 0.4) is 0 Å². The monoisotopic (exact) mass is 301 g/mol. The van der Waals surface area contributed by atoms with E-state index in [1.165, 1.54) is 5.56 Å². The van der Waals surface area contributed by atoms with Gasteiger partial charge in [0.05, 0.1) is 11.9 Å². The molecular formula is C14H12BrN3. The fourth-order valence-corrected chi connectivity index (χ4v) is 2.29. The van der Waals surface area contributed by atoms with Crippen LogP contribution in [0, 0.1) is 0 Å². The molecule has 0 spiro atoms. The van der Waals surface area contributed by atoms with Crippen molar-refractivity contribution >= 4 is 21.6 Å². The number of nitrogens with zero attached hydrogens (tertiary/aromatic N) is 3. The van der Waals surface area contributed by atoms with Gasteiger partial charge >= 0.3 is 0 Å². The first-order chi connectivity index (χ1) is 8.76. The second-order valence-electron chi connectivity index (χ2n) is 4.14. The molecule has 3 rings (SSSR count). The Hall–Kier alpha value is -1.68. The smallest absolute Gasteiger partial charge is 0.154 e. The summed E-state index contributed by atoms with van der Waals surface area (Å²) in [6.07, 6.45) is 2.92. The van der Waals surface area contributed by atoms with Gasteiger partial charge in [0.2, 0.25) is 0 Å². The minimum atomic E-state index is 0.800. The van der Waals surface area contributed by atoms with Crippen LogP contribution in [-0.4, -0.2) is 14.6 Å². The molecule has 0 aliphatic carbocycles. The van der Waals surface area contributed by atoms with Crippen LogP contribution >= 0.6 is 15.9 Å². The highest BCUT2D eigenvalue weighted by molar-refractivity contribution is 9.10. The molecule has 4 heteroatoms. The number of hydrogen-bond donors (Lipinski definition) is 0. The summed E-state index contributed by atoms with van der Waals surface area (Å²) >= 11 is 3.35. The summed E-state index contributed by atoms with van der Waals surface area (Å²) < 4.78 is 2.58. The molecular weight excluding hydrogens is 290 g/mol. The fourth-order valence-electron chi connectivity index (χ4n) is 1.92. The molecule has 90 valence electrons. The predicted molar refractivity (Wildman–Crippen MR) is 75.5 cm³/mol. The summed E-state index contributed by atoms with van der Waals surface area (Å²) in [6.45, 7) is 2.16. The first kappa shape index (κ1) is 11.4. The van der Waals surface area contributed by atoms with Crippen LogP contribution in [0.2, 0.25) is 0 Å². The van der Waals surface area contributed by atoms with Crippen LogP contribution in [0.1, 0.15) is 12.5 Å². The third kappa shape index (κ3) is 2.04. The summed E-state index contributed by atoms with van der Waals surface area (Å²) in [5.74, 6) is 0. The molecule has 0 aliphatic rings. The van der Waals surface area contributed by atoms with Crippen molar-refractivity contribution in [1.29, 1.82) is 0 Å². The molecule has 0 N–H and O–H groups in total. The zero-order chi connectivity index (χ0) is 12.5. The molecule has 3 nitrogen and oxygen atoms in total. The van der Waals surface area contributed by atoms with Crippen molar-refractivity contribution in [2.75, 3.05) is 0 Å². The minimum absolute atomic E-state index is 0.800. The van der Waals surface area contributed by atoms with E-state index in [4.69, 9.17) is 0 Å². The summed E-state index contributed by atoms with van der Waals surface area (Å²) in [6, 6.07) is 12.5. The Bertz CT molecular complexity index is 686. The maximum absolute atomic E-state index is 4.55. The topological polar surface area (TPSA) is 30.2 Å². The molecule has 0 atom stereocenters. The molecule has 3 aromatic rings. The molecule has 2 aromatic heterocycles. The molecule has 18 heavy (non-hydrogen) atoms. The highest BCUT2D eigenvalue weighted by atomic mass is 79.9. The second kappa shape index (κ2) is 4.53. The molecule has 2 heterocycles. The van der Waals surface area contributed by atoms with Crippen molar-refractivity contribution in [3.63, 3.8) is 0 Å². The molecule has 0 amide bonds. The summed E-state index contributed by atoms with van der Waals surface area (Å²) in [4.78, 5) is 4.29. The van der Waals surface area contributed by atoms with Crippen LogP contribution in [0.4, 0.5) is 0 Å². The maximum Gasteiger partial charge on any atom is 0.154 e. The third-order valence-corrected chi connectivity index (χ3v) is 3.33. The quantitative estimate of drug-likeness (QED) is 0.722. The molecule has 0 saturated carbocycles. The zero-order valence-electron chi connectivity index (χ0n) is 9.97.